The average molecular weight is 489 g/mol. The molecule has 11 nitrogen and oxygen atoms in total. The first-order chi connectivity index (χ1) is 15.5. The summed E-state index contributed by atoms with van der Waals surface area (Å²) in [7, 11) is 0. The lowest BCUT2D eigenvalue weighted by Gasteiger charge is -2.29. The van der Waals surface area contributed by atoms with E-state index in [1.807, 2.05) is 20.1 Å². The molecule has 0 aromatic carbocycles. The number of amides is 3. The first-order valence-corrected chi connectivity index (χ1v) is 12.5. The number of hydrogen-bond donors (Lipinski definition) is 5. The summed E-state index contributed by atoms with van der Waals surface area (Å²) in [6, 6.07) is -3.88. The lowest BCUT2D eigenvalue weighted by Crippen LogP contribution is -2.57. The molecular weight excluding hydrogens is 452 g/mol. The van der Waals surface area contributed by atoms with Crippen LogP contribution in [0.3, 0.4) is 0 Å². The minimum atomic E-state index is -1.08. The highest BCUT2D eigenvalue weighted by molar-refractivity contribution is 7.98. The molecule has 1 aliphatic rings. The van der Waals surface area contributed by atoms with Crippen molar-refractivity contribution in [1.82, 2.24) is 15.5 Å². The molecule has 33 heavy (non-hydrogen) atoms. The number of rotatable bonds is 14. The Morgan fingerprint density at radius 1 is 1.06 bits per heavy atom. The van der Waals surface area contributed by atoms with E-state index in [2.05, 4.69) is 10.6 Å². The van der Waals surface area contributed by atoms with Gasteiger partial charge in [0.2, 0.25) is 17.7 Å². The van der Waals surface area contributed by atoms with E-state index in [9.17, 15) is 29.1 Å². The number of carbonyl (C=O) groups excluding carboxylic acids is 3. The van der Waals surface area contributed by atoms with E-state index in [-0.39, 0.29) is 25.2 Å². The second-order valence-electron chi connectivity index (χ2n) is 8.60. The van der Waals surface area contributed by atoms with E-state index < -0.39 is 53.8 Å². The van der Waals surface area contributed by atoms with Crippen LogP contribution in [0.25, 0.3) is 0 Å². The zero-order chi connectivity index (χ0) is 25.1. The summed E-state index contributed by atoms with van der Waals surface area (Å²) >= 11 is 1.48. The van der Waals surface area contributed by atoms with Crippen molar-refractivity contribution in [3.05, 3.63) is 0 Å². The van der Waals surface area contributed by atoms with Crippen LogP contribution in [0.1, 0.15) is 52.4 Å². The molecule has 0 saturated carbocycles. The maximum absolute atomic E-state index is 13.1. The highest BCUT2D eigenvalue weighted by Gasteiger charge is 2.38. The number of nitrogens with one attached hydrogen (secondary N) is 2. The Morgan fingerprint density at radius 2 is 1.70 bits per heavy atom. The summed E-state index contributed by atoms with van der Waals surface area (Å²) < 4.78 is 0. The molecule has 4 atom stereocenters. The molecule has 0 aromatic rings. The smallest absolute Gasteiger partial charge is 0.326 e. The molecule has 0 spiro atoms. The first-order valence-electron chi connectivity index (χ1n) is 11.1. The average Bonchev–Trinajstić information content (AvgIpc) is 3.23. The first kappa shape index (κ1) is 28.7. The molecule has 1 aliphatic heterocycles. The van der Waals surface area contributed by atoms with Crippen molar-refractivity contribution in [2.24, 2.45) is 11.7 Å². The molecule has 1 heterocycles. The molecule has 4 unspecified atom stereocenters. The molecule has 0 aliphatic carbocycles. The minimum absolute atomic E-state index is 0.0498. The molecule has 0 aromatic heterocycles. The van der Waals surface area contributed by atoms with Crippen molar-refractivity contribution in [2.45, 2.75) is 76.5 Å². The van der Waals surface area contributed by atoms with E-state index in [1.165, 1.54) is 16.7 Å². The van der Waals surface area contributed by atoms with Crippen LogP contribution >= 0.6 is 11.8 Å². The molecule has 0 bridgehead atoms. The molecule has 6 N–H and O–H groups in total. The third kappa shape index (κ3) is 9.58. The van der Waals surface area contributed by atoms with Crippen LogP contribution in [-0.2, 0) is 24.0 Å². The van der Waals surface area contributed by atoms with Gasteiger partial charge in [0.15, 0.2) is 0 Å². The Bertz CT molecular complexity index is 719. The van der Waals surface area contributed by atoms with Gasteiger partial charge in [0.05, 0.1) is 6.04 Å². The number of nitrogens with two attached hydrogens (primary N) is 1. The number of aliphatic carboxylic acids is 2. The normalized spacial score (nSPS) is 18.5. The van der Waals surface area contributed by atoms with Gasteiger partial charge in [-0.25, -0.2) is 4.79 Å². The van der Waals surface area contributed by atoms with Gasteiger partial charge >= 0.3 is 11.9 Å². The molecule has 1 saturated heterocycles. The van der Waals surface area contributed by atoms with Crippen molar-refractivity contribution in [2.75, 3.05) is 18.6 Å². The fraction of sp³-hybridized carbons (Fsp3) is 0.762. The van der Waals surface area contributed by atoms with Crippen LogP contribution in [0.5, 0.6) is 0 Å². The summed E-state index contributed by atoms with van der Waals surface area (Å²) in [5, 5.41) is 23.5. The van der Waals surface area contributed by atoms with Crippen LogP contribution < -0.4 is 16.4 Å². The van der Waals surface area contributed by atoms with Gasteiger partial charge in [-0.2, -0.15) is 11.8 Å². The van der Waals surface area contributed by atoms with Crippen molar-refractivity contribution in [1.29, 1.82) is 0 Å². The van der Waals surface area contributed by atoms with Crippen molar-refractivity contribution >= 4 is 41.4 Å². The van der Waals surface area contributed by atoms with Gasteiger partial charge in [-0.05, 0) is 50.0 Å². The fourth-order valence-corrected chi connectivity index (χ4v) is 4.12. The lowest BCUT2D eigenvalue weighted by molar-refractivity contribution is -0.149. The predicted molar refractivity (Wildman–Crippen MR) is 124 cm³/mol. The van der Waals surface area contributed by atoms with Crippen molar-refractivity contribution in [3.8, 4) is 0 Å². The van der Waals surface area contributed by atoms with Crippen LogP contribution in [0.2, 0.25) is 0 Å². The highest BCUT2D eigenvalue weighted by atomic mass is 32.2. The maximum Gasteiger partial charge on any atom is 0.326 e. The number of hydrogen-bond acceptors (Lipinski definition) is 7. The number of nitrogens with zero attached hydrogens (tertiary/aromatic N) is 1. The van der Waals surface area contributed by atoms with Crippen molar-refractivity contribution in [3.63, 3.8) is 0 Å². The monoisotopic (exact) mass is 488 g/mol. The molecule has 0 radical (unpaired) electrons. The second-order valence-corrected chi connectivity index (χ2v) is 9.59. The van der Waals surface area contributed by atoms with E-state index in [0.717, 1.165) is 0 Å². The van der Waals surface area contributed by atoms with Crippen LogP contribution in [0.15, 0.2) is 0 Å². The maximum atomic E-state index is 13.1. The number of carboxylic acid groups (broad SMARTS) is 2. The summed E-state index contributed by atoms with van der Waals surface area (Å²) in [5.74, 6) is -3.20. The van der Waals surface area contributed by atoms with Gasteiger partial charge in [0.25, 0.3) is 0 Å². The summed E-state index contributed by atoms with van der Waals surface area (Å²) in [5.41, 5.74) is 5.76. The SMILES string of the molecule is CSCCC(NC(=O)C(N)CCC(=O)O)C(=O)NC(CC(C)C)C(=O)N1CCCC1C(=O)O. The van der Waals surface area contributed by atoms with Gasteiger partial charge in [-0.3, -0.25) is 19.2 Å². The quantitative estimate of drug-likeness (QED) is 0.225. The van der Waals surface area contributed by atoms with Crippen LogP contribution in [0.4, 0.5) is 0 Å². The van der Waals surface area contributed by atoms with Gasteiger partial charge in [-0.1, -0.05) is 13.8 Å². The molecule has 12 heteroatoms. The van der Waals surface area contributed by atoms with Crippen LogP contribution in [0, 0.1) is 5.92 Å². The van der Waals surface area contributed by atoms with E-state index in [1.54, 1.807) is 0 Å². The summed E-state index contributed by atoms with van der Waals surface area (Å²) in [4.78, 5) is 62.1. The molecule has 188 valence electrons. The minimum Gasteiger partial charge on any atom is -0.481 e. The number of thioether (sulfide) groups is 1. The molecule has 3 amide bonds. The van der Waals surface area contributed by atoms with Gasteiger partial charge in [-0.15, -0.1) is 0 Å². The third-order valence-electron chi connectivity index (χ3n) is 5.39. The largest absolute Gasteiger partial charge is 0.481 e. The Labute approximate surface area is 198 Å². The van der Waals surface area contributed by atoms with Gasteiger partial charge < -0.3 is 31.5 Å². The zero-order valence-corrected chi connectivity index (χ0v) is 20.2. The molecular formula is C21H36N4O7S. The standard InChI is InChI=1S/C21H36N4O7S/c1-12(2)11-15(20(30)25-9-4-5-16(25)21(31)32)24-19(29)14(8-10-33-3)23-18(28)13(22)6-7-17(26)27/h12-16H,4-11,22H2,1-3H3,(H,23,28)(H,24,29)(H,26,27)(H,31,32). The Morgan fingerprint density at radius 3 is 2.24 bits per heavy atom. The number of carbonyl (C=O) groups is 5. The predicted octanol–water partition coefficient (Wildman–Crippen LogP) is 0.0229. The van der Waals surface area contributed by atoms with Crippen LogP contribution in [-0.4, -0.2) is 87.5 Å². The Balaban J connectivity index is 2.94. The summed E-state index contributed by atoms with van der Waals surface area (Å²) in [6.45, 7) is 4.09. The van der Waals surface area contributed by atoms with E-state index in [4.69, 9.17) is 10.8 Å². The van der Waals surface area contributed by atoms with E-state index >= 15 is 0 Å². The van der Waals surface area contributed by atoms with Gasteiger partial charge in [0.1, 0.15) is 18.1 Å². The fourth-order valence-electron chi connectivity index (χ4n) is 3.65. The van der Waals surface area contributed by atoms with Gasteiger partial charge in [0, 0.05) is 13.0 Å². The third-order valence-corrected chi connectivity index (χ3v) is 6.04. The topological polar surface area (TPSA) is 179 Å². The highest BCUT2D eigenvalue weighted by Crippen LogP contribution is 2.20. The number of likely N-dealkylation sites (tertiary alicyclic amines) is 1. The Kier molecular flexibility index (Phi) is 12.2. The molecule has 1 rings (SSSR count). The zero-order valence-electron chi connectivity index (χ0n) is 19.4. The number of carboxylic acids is 2. The van der Waals surface area contributed by atoms with Crippen molar-refractivity contribution < 1.29 is 34.2 Å². The molecule has 1 fully saturated rings. The summed E-state index contributed by atoms with van der Waals surface area (Å²) in [6.07, 6.45) is 3.04. The second kappa shape index (κ2) is 14.0. The van der Waals surface area contributed by atoms with E-state index in [0.29, 0.717) is 31.6 Å². The lowest BCUT2D eigenvalue weighted by atomic mass is 10.0. The Hall–Kier alpha value is -2.34.